The fraction of sp³-hybridized carbons (Fsp3) is 0.625. The Hall–Kier alpha value is -1.03. The largest absolute Gasteiger partial charge is 0.472 e. The van der Waals surface area contributed by atoms with Gasteiger partial charge in [-0.1, -0.05) is 0 Å². The summed E-state index contributed by atoms with van der Waals surface area (Å²) in [6, 6.07) is 0. The summed E-state index contributed by atoms with van der Waals surface area (Å²) >= 11 is 0. The molecular formula is C8H13N3O. The van der Waals surface area contributed by atoms with Crippen molar-refractivity contribution in [1.82, 2.24) is 14.9 Å². The first-order valence-corrected chi connectivity index (χ1v) is 4.27. The van der Waals surface area contributed by atoms with Gasteiger partial charge >= 0.3 is 0 Å². The van der Waals surface area contributed by atoms with E-state index in [0.29, 0.717) is 6.10 Å². The SMILES string of the molecule is CCn1cncc1OC1CNC1. The topological polar surface area (TPSA) is 39.1 Å². The predicted molar refractivity (Wildman–Crippen MR) is 45.2 cm³/mol. The lowest BCUT2D eigenvalue weighted by molar-refractivity contribution is 0.130. The van der Waals surface area contributed by atoms with Gasteiger partial charge in [-0.3, -0.25) is 0 Å². The fourth-order valence-electron chi connectivity index (χ4n) is 1.16. The molecule has 2 heterocycles. The highest BCUT2D eigenvalue weighted by Crippen LogP contribution is 2.12. The average molecular weight is 167 g/mol. The van der Waals surface area contributed by atoms with Crippen LogP contribution in [0, 0.1) is 0 Å². The Bertz CT molecular complexity index is 255. The second kappa shape index (κ2) is 3.15. The van der Waals surface area contributed by atoms with Crippen LogP contribution in [0.2, 0.25) is 0 Å². The molecule has 12 heavy (non-hydrogen) atoms. The van der Waals surface area contributed by atoms with Gasteiger partial charge in [-0.2, -0.15) is 0 Å². The third kappa shape index (κ3) is 1.30. The number of aryl methyl sites for hydroxylation is 1. The van der Waals surface area contributed by atoms with Gasteiger partial charge in [-0.15, -0.1) is 0 Å². The maximum absolute atomic E-state index is 5.65. The standard InChI is InChI=1S/C8H13N3O/c1-2-11-6-10-5-8(11)12-7-3-9-4-7/h5-7,9H,2-4H2,1H3. The number of nitrogens with zero attached hydrogens (tertiary/aromatic N) is 2. The van der Waals surface area contributed by atoms with Gasteiger partial charge in [0.05, 0.1) is 12.5 Å². The summed E-state index contributed by atoms with van der Waals surface area (Å²) in [4.78, 5) is 4.02. The van der Waals surface area contributed by atoms with Crippen molar-refractivity contribution in [3.05, 3.63) is 12.5 Å². The number of rotatable bonds is 3. The highest BCUT2D eigenvalue weighted by atomic mass is 16.5. The maximum atomic E-state index is 5.65. The lowest BCUT2D eigenvalue weighted by Crippen LogP contribution is -2.50. The van der Waals surface area contributed by atoms with E-state index in [2.05, 4.69) is 17.2 Å². The molecule has 0 aliphatic carbocycles. The van der Waals surface area contributed by atoms with Crippen molar-refractivity contribution in [2.75, 3.05) is 13.1 Å². The number of aromatic nitrogens is 2. The monoisotopic (exact) mass is 167 g/mol. The molecule has 1 fully saturated rings. The van der Waals surface area contributed by atoms with Crippen LogP contribution in [-0.4, -0.2) is 28.7 Å². The third-order valence-corrected chi connectivity index (χ3v) is 2.05. The smallest absolute Gasteiger partial charge is 0.213 e. The van der Waals surface area contributed by atoms with Crippen LogP contribution in [0.3, 0.4) is 0 Å². The minimum Gasteiger partial charge on any atom is -0.472 e. The van der Waals surface area contributed by atoms with E-state index in [1.54, 1.807) is 12.5 Å². The van der Waals surface area contributed by atoms with Crippen molar-refractivity contribution in [3.8, 4) is 5.88 Å². The molecule has 66 valence electrons. The number of nitrogens with one attached hydrogen (secondary N) is 1. The van der Waals surface area contributed by atoms with Gasteiger partial charge in [0.25, 0.3) is 0 Å². The van der Waals surface area contributed by atoms with E-state index in [1.807, 2.05) is 4.57 Å². The molecule has 4 heteroatoms. The van der Waals surface area contributed by atoms with Crippen molar-refractivity contribution >= 4 is 0 Å². The zero-order valence-electron chi connectivity index (χ0n) is 7.16. The number of imidazole rings is 1. The molecule has 0 atom stereocenters. The van der Waals surface area contributed by atoms with E-state index in [-0.39, 0.29) is 0 Å². The van der Waals surface area contributed by atoms with Gasteiger partial charge in [-0.25, -0.2) is 4.98 Å². The van der Waals surface area contributed by atoms with E-state index in [1.165, 1.54) is 0 Å². The van der Waals surface area contributed by atoms with E-state index in [0.717, 1.165) is 25.5 Å². The van der Waals surface area contributed by atoms with Crippen molar-refractivity contribution in [2.45, 2.75) is 19.6 Å². The molecule has 4 nitrogen and oxygen atoms in total. The Balaban J connectivity index is 2.00. The van der Waals surface area contributed by atoms with Crippen molar-refractivity contribution in [2.24, 2.45) is 0 Å². The van der Waals surface area contributed by atoms with Crippen LogP contribution >= 0.6 is 0 Å². The normalized spacial score (nSPS) is 17.4. The summed E-state index contributed by atoms with van der Waals surface area (Å²) in [7, 11) is 0. The molecular weight excluding hydrogens is 154 g/mol. The Morgan fingerprint density at radius 2 is 2.58 bits per heavy atom. The molecule has 0 spiro atoms. The molecule has 0 bridgehead atoms. The lowest BCUT2D eigenvalue weighted by Gasteiger charge is -2.27. The van der Waals surface area contributed by atoms with Gasteiger partial charge in [0.15, 0.2) is 0 Å². The van der Waals surface area contributed by atoms with Crippen LogP contribution < -0.4 is 10.1 Å². The summed E-state index contributed by atoms with van der Waals surface area (Å²) in [5.41, 5.74) is 0. The van der Waals surface area contributed by atoms with Crippen LogP contribution in [0.1, 0.15) is 6.92 Å². The summed E-state index contributed by atoms with van der Waals surface area (Å²) in [6.07, 6.45) is 3.90. The number of hydrogen-bond donors (Lipinski definition) is 1. The molecule has 0 radical (unpaired) electrons. The molecule has 1 aromatic heterocycles. The Labute approximate surface area is 71.6 Å². The molecule has 2 rings (SSSR count). The minimum atomic E-state index is 0.340. The second-order valence-electron chi connectivity index (χ2n) is 2.92. The Kier molecular flexibility index (Phi) is 1.99. The molecule has 1 saturated heterocycles. The summed E-state index contributed by atoms with van der Waals surface area (Å²) < 4.78 is 7.65. The molecule has 1 aromatic rings. The zero-order chi connectivity index (χ0) is 8.39. The second-order valence-corrected chi connectivity index (χ2v) is 2.92. The van der Waals surface area contributed by atoms with Crippen molar-refractivity contribution in [3.63, 3.8) is 0 Å². The molecule has 1 N–H and O–H groups in total. The van der Waals surface area contributed by atoms with E-state index in [9.17, 15) is 0 Å². The van der Waals surface area contributed by atoms with Gasteiger partial charge in [-0.05, 0) is 6.92 Å². The van der Waals surface area contributed by atoms with Crippen LogP contribution in [0.5, 0.6) is 5.88 Å². The third-order valence-electron chi connectivity index (χ3n) is 2.05. The zero-order valence-corrected chi connectivity index (χ0v) is 7.16. The quantitative estimate of drug-likeness (QED) is 0.701. The maximum Gasteiger partial charge on any atom is 0.213 e. The van der Waals surface area contributed by atoms with E-state index >= 15 is 0 Å². The highest BCUT2D eigenvalue weighted by molar-refractivity contribution is 5.07. The summed E-state index contributed by atoms with van der Waals surface area (Å²) in [5.74, 6) is 0.879. The van der Waals surface area contributed by atoms with Gasteiger partial charge in [0, 0.05) is 19.6 Å². The molecule has 0 unspecified atom stereocenters. The van der Waals surface area contributed by atoms with Crippen LogP contribution in [-0.2, 0) is 6.54 Å². The number of ether oxygens (including phenoxy) is 1. The minimum absolute atomic E-state index is 0.340. The predicted octanol–water partition coefficient (Wildman–Crippen LogP) is 0.254. The van der Waals surface area contributed by atoms with Crippen LogP contribution in [0.15, 0.2) is 12.5 Å². The summed E-state index contributed by atoms with van der Waals surface area (Å²) in [6.45, 7) is 4.90. The first kappa shape index (κ1) is 7.61. The summed E-state index contributed by atoms with van der Waals surface area (Å²) in [5, 5.41) is 3.16. The molecule has 1 aliphatic heterocycles. The Morgan fingerprint density at radius 1 is 1.75 bits per heavy atom. The fourth-order valence-corrected chi connectivity index (χ4v) is 1.16. The first-order chi connectivity index (χ1) is 5.90. The lowest BCUT2D eigenvalue weighted by atomic mass is 10.2. The van der Waals surface area contributed by atoms with Crippen LogP contribution in [0.4, 0.5) is 0 Å². The molecule has 0 amide bonds. The van der Waals surface area contributed by atoms with E-state index in [4.69, 9.17) is 4.74 Å². The average Bonchev–Trinajstić information content (AvgIpc) is 2.43. The molecule has 1 aliphatic rings. The number of hydrogen-bond acceptors (Lipinski definition) is 3. The van der Waals surface area contributed by atoms with Gasteiger partial charge in [0.1, 0.15) is 6.10 Å². The Morgan fingerprint density at radius 3 is 3.17 bits per heavy atom. The highest BCUT2D eigenvalue weighted by Gasteiger charge is 2.19. The van der Waals surface area contributed by atoms with E-state index < -0.39 is 0 Å². The van der Waals surface area contributed by atoms with Gasteiger partial charge in [0.2, 0.25) is 5.88 Å². The first-order valence-electron chi connectivity index (χ1n) is 4.27. The van der Waals surface area contributed by atoms with Crippen molar-refractivity contribution in [1.29, 1.82) is 0 Å². The van der Waals surface area contributed by atoms with Crippen LogP contribution in [0.25, 0.3) is 0 Å². The molecule has 0 saturated carbocycles. The molecule has 0 aromatic carbocycles. The van der Waals surface area contributed by atoms with Crippen molar-refractivity contribution < 1.29 is 4.74 Å². The van der Waals surface area contributed by atoms with Gasteiger partial charge < -0.3 is 14.6 Å².